The molecular weight excluding hydrogens is 332 g/mol. The zero-order valence-electron chi connectivity index (χ0n) is 15.1. The summed E-state index contributed by atoms with van der Waals surface area (Å²) >= 11 is 0. The fraction of sp³-hybridized carbons (Fsp3) is 0.474. The number of likely N-dealkylation sites (tertiary alicyclic amines) is 1. The Morgan fingerprint density at radius 1 is 1.31 bits per heavy atom. The molecule has 1 fully saturated rings. The molecule has 138 valence electrons. The van der Waals surface area contributed by atoms with Crippen LogP contribution in [0.4, 0.5) is 0 Å². The van der Waals surface area contributed by atoms with Crippen LogP contribution in [0.3, 0.4) is 0 Å². The minimum absolute atomic E-state index is 0.171. The first-order valence-corrected chi connectivity index (χ1v) is 9.00. The Labute approximate surface area is 152 Å². The van der Waals surface area contributed by atoms with E-state index >= 15 is 0 Å². The quantitative estimate of drug-likeness (QED) is 0.731. The molecule has 2 atom stereocenters. The van der Waals surface area contributed by atoms with Gasteiger partial charge in [-0.25, -0.2) is 0 Å². The minimum atomic E-state index is 0.171. The minimum Gasteiger partial charge on any atom is -0.461 e. The third kappa shape index (κ3) is 3.32. The lowest BCUT2D eigenvalue weighted by molar-refractivity contribution is 0.213. The molecule has 1 aliphatic heterocycles. The van der Waals surface area contributed by atoms with Gasteiger partial charge >= 0.3 is 0 Å². The van der Waals surface area contributed by atoms with Gasteiger partial charge in [-0.15, -0.1) is 0 Å². The number of furan rings is 1. The maximum absolute atomic E-state index is 9.83. The van der Waals surface area contributed by atoms with E-state index in [1.54, 1.807) is 6.26 Å². The van der Waals surface area contributed by atoms with Gasteiger partial charge in [-0.2, -0.15) is 5.10 Å². The van der Waals surface area contributed by atoms with Crippen molar-refractivity contribution in [2.24, 2.45) is 5.92 Å². The van der Waals surface area contributed by atoms with E-state index < -0.39 is 0 Å². The third-order valence-corrected chi connectivity index (χ3v) is 5.04. The van der Waals surface area contributed by atoms with Gasteiger partial charge in [0, 0.05) is 56.4 Å². The summed E-state index contributed by atoms with van der Waals surface area (Å²) in [7, 11) is 0. The summed E-state index contributed by atoms with van der Waals surface area (Å²) in [5.41, 5.74) is 2.06. The van der Waals surface area contributed by atoms with Crippen molar-refractivity contribution in [3.63, 3.8) is 0 Å². The molecule has 1 N–H and O–H groups in total. The van der Waals surface area contributed by atoms with E-state index in [0.717, 1.165) is 18.8 Å². The van der Waals surface area contributed by atoms with Crippen molar-refractivity contribution < 1.29 is 14.0 Å². The van der Waals surface area contributed by atoms with E-state index in [9.17, 15) is 5.11 Å². The molecule has 0 spiro atoms. The lowest BCUT2D eigenvalue weighted by Gasteiger charge is -2.14. The molecular formula is C19H24N4O3. The van der Waals surface area contributed by atoms with E-state index in [-0.39, 0.29) is 18.4 Å². The van der Waals surface area contributed by atoms with E-state index in [2.05, 4.69) is 35.2 Å². The normalized spacial score (nSPS) is 21.1. The van der Waals surface area contributed by atoms with E-state index in [1.807, 2.05) is 29.1 Å². The van der Waals surface area contributed by atoms with Gasteiger partial charge in [-0.1, -0.05) is 5.16 Å². The van der Waals surface area contributed by atoms with Crippen LogP contribution >= 0.6 is 0 Å². The maximum atomic E-state index is 9.83. The molecule has 1 aliphatic rings. The summed E-state index contributed by atoms with van der Waals surface area (Å²) < 4.78 is 12.7. The van der Waals surface area contributed by atoms with Crippen LogP contribution in [0.2, 0.25) is 0 Å². The Kier molecular flexibility index (Phi) is 4.65. The molecule has 3 aromatic rings. The summed E-state index contributed by atoms with van der Waals surface area (Å²) in [6, 6.07) is 5.93. The Bertz CT molecular complexity index is 837. The van der Waals surface area contributed by atoms with Gasteiger partial charge in [0.25, 0.3) is 0 Å². The lowest BCUT2D eigenvalue weighted by Crippen LogP contribution is -2.21. The van der Waals surface area contributed by atoms with Crippen molar-refractivity contribution in [3.8, 4) is 11.5 Å². The number of aliphatic hydroxyl groups is 1. The standard InChI is InChI=1S/C19H24N4O3/c1-13(2)23-9-14(7-20-23)17-11-22(8-15(17)12-24)10-16-6-19(26-21-16)18-4-3-5-25-18/h3-7,9,13,15,17,24H,8,10-12H2,1-2H3/t15-,17-/m0/s1. The molecule has 4 heterocycles. The van der Waals surface area contributed by atoms with Gasteiger partial charge in [0.05, 0.1) is 18.2 Å². The molecule has 0 aliphatic carbocycles. The Hall–Kier alpha value is -2.38. The number of hydrogen-bond acceptors (Lipinski definition) is 6. The molecule has 3 aromatic heterocycles. The van der Waals surface area contributed by atoms with Gasteiger partial charge in [0.15, 0.2) is 5.76 Å². The van der Waals surface area contributed by atoms with Crippen LogP contribution in [0.15, 0.2) is 45.8 Å². The van der Waals surface area contributed by atoms with Gasteiger partial charge in [0.2, 0.25) is 5.76 Å². The summed E-state index contributed by atoms with van der Waals surface area (Å²) in [5, 5.41) is 18.4. The van der Waals surface area contributed by atoms with Crippen molar-refractivity contribution in [2.75, 3.05) is 19.7 Å². The summed E-state index contributed by atoms with van der Waals surface area (Å²) in [6.45, 7) is 6.79. The van der Waals surface area contributed by atoms with E-state index in [0.29, 0.717) is 24.1 Å². The Balaban J connectivity index is 1.45. The summed E-state index contributed by atoms with van der Waals surface area (Å²) in [4.78, 5) is 2.31. The SMILES string of the molecule is CC(C)n1cc([C@@H]2CN(Cc3cc(-c4ccco4)on3)C[C@H]2CO)cn1. The fourth-order valence-electron chi connectivity index (χ4n) is 3.63. The first-order valence-electron chi connectivity index (χ1n) is 9.00. The average Bonchev–Trinajstić information content (AvgIpc) is 3.40. The first kappa shape index (κ1) is 17.1. The Morgan fingerprint density at radius 3 is 2.88 bits per heavy atom. The fourth-order valence-corrected chi connectivity index (χ4v) is 3.63. The molecule has 4 rings (SSSR count). The molecule has 1 saturated heterocycles. The Morgan fingerprint density at radius 2 is 2.19 bits per heavy atom. The topological polar surface area (TPSA) is 80.5 Å². The van der Waals surface area contributed by atoms with Crippen LogP contribution < -0.4 is 0 Å². The van der Waals surface area contributed by atoms with Gasteiger partial charge in [-0.3, -0.25) is 9.58 Å². The zero-order valence-corrected chi connectivity index (χ0v) is 15.1. The summed E-state index contributed by atoms with van der Waals surface area (Å²) in [6.07, 6.45) is 5.65. The molecule has 26 heavy (non-hydrogen) atoms. The number of aromatic nitrogens is 3. The highest BCUT2D eigenvalue weighted by atomic mass is 16.5. The second-order valence-electron chi connectivity index (χ2n) is 7.25. The van der Waals surface area contributed by atoms with E-state index in [4.69, 9.17) is 8.94 Å². The van der Waals surface area contributed by atoms with E-state index in [1.165, 1.54) is 5.56 Å². The average molecular weight is 356 g/mol. The van der Waals surface area contributed by atoms with Gasteiger partial charge in [-0.05, 0) is 31.5 Å². The third-order valence-electron chi connectivity index (χ3n) is 5.04. The molecule has 7 nitrogen and oxygen atoms in total. The molecule has 0 radical (unpaired) electrons. The highest BCUT2D eigenvalue weighted by Crippen LogP contribution is 2.33. The molecule has 0 aromatic carbocycles. The smallest absolute Gasteiger partial charge is 0.202 e. The predicted molar refractivity (Wildman–Crippen MR) is 95.4 cm³/mol. The van der Waals surface area contributed by atoms with Crippen LogP contribution in [0.1, 0.15) is 37.1 Å². The number of aliphatic hydroxyl groups excluding tert-OH is 1. The molecule has 0 unspecified atom stereocenters. The second kappa shape index (κ2) is 7.09. The second-order valence-corrected chi connectivity index (χ2v) is 7.25. The molecule has 0 saturated carbocycles. The lowest BCUT2D eigenvalue weighted by atomic mass is 9.92. The van der Waals surface area contributed by atoms with Gasteiger partial charge in [0.1, 0.15) is 0 Å². The highest BCUT2D eigenvalue weighted by molar-refractivity contribution is 5.49. The van der Waals surface area contributed by atoms with Crippen LogP contribution in [0.5, 0.6) is 0 Å². The number of rotatable bonds is 6. The van der Waals surface area contributed by atoms with Crippen LogP contribution in [0.25, 0.3) is 11.5 Å². The summed E-state index contributed by atoms with van der Waals surface area (Å²) in [5.74, 6) is 1.80. The van der Waals surface area contributed by atoms with Gasteiger partial charge < -0.3 is 14.0 Å². The van der Waals surface area contributed by atoms with Crippen molar-refractivity contribution in [3.05, 3.63) is 48.1 Å². The number of nitrogens with zero attached hydrogens (tertiary/aromatic N) is 4. The molecule has 0 bridgehead atoms. The van der Waals surface area contributed by atoms with Crippen molar-refractivity contribution >= 4 is 0 Å². The van der Waals surface area contributed by atoms with Crippen molar-refractivity contribution in [2.45, 2.75) is 32.4 Å². The largest absolute Gasteiger partial charge is 0.461 e. The first-order chi connectivity index (χ1) is 12.6. The zero-order chi connectivity index (χ0) is 18.1. The monoisotopic (exact) mass is 356 g/mol. The highest BCUT2D eigenvalue weighted by Gasteiger charge is 2.34. The maximum Gasteiger partial charge on any atom is 0.202 e. The van der Waals surface area contributed by atoms with Crippen molar-refractivity contribution in [1.82, 2.24) is 19.8 Å². The molecule has 0 amide bonds. The van der Waals surface area contributed by atoms with Crippen LogP contribution in [-0.4, -0.2) is 44.6 Å². The number of hydrogen-bond donors (Lipinski definition) is 1. The molecule has 7 heteroatoms. The van der Waals surface area contributed by atoms with Crippen LogP contribution in [0, 0.1) is 5.92 Å². The van der Waals surface area contributed by atoms with Crippen LogP contribution in [-0.2, 0) is 6.54 Å². The van der Waals surface area contributed by atoms with Crippen molar-refractivity contribution in [1.29, 1.82) is 0 Å². The predicted octanol–water partition coefficient (Wildman–Crippen LogP) is 2.92.